The largest absolute Gasteiger partial charge is 0.314 e. The molecule has 0 amide bonds. The van der Waals surface area contributed by atoms with E-state index in [0.717, 1.165) is 5.70 Å². The number of allylic oxidation sites excluding steroid dienone is 6. The molecule has 2 aromatic rings. The van der Waals surface area contributed by atoms with E-state index in [0.29, 0.717) is 0 Å². The van der Waals surface area contributed by atoms with Crippen LogP contribution in [0.25, 0.3) is 22.7 Å². The fourth-order valence-electron chi connectivity index (χ4n) is 2.57. The molecule has 102 valence electrons. The van der Waals surface area contributed by atoms with Gasteiger partial charge in [-0.3, -0.25) is 0 Å². The maximum absolute atomic E-state index is 3.75. The maximum Gasteiger partial charge on any atom is 0.0537 e. The molecular weight excluding hydrogens is 242 g/mol. The number of benzene rings is 1. The molecule has 0 atom stereocenters. The molecule has 2 rings (SSSR count). The summed E-state index contributed by atoms with van der Waals surface area (Å²) in [6.07, 6.45) is 12.3. The van der Waals surface area contributed by atoms with Crippen LogP contribution in [0.4, 0.5) is 0 Å². The summed E-state index contributed by atoms with van der Waals surface area (Å²) in [7, 11) is 0. The molecule has 0 fully saturated rings. The Hall–Kier alpha value is -2.28. The molecule has 0 spiro atoms. The lowest BCUT2D eigenvalue weighted by Gasteiger charge is -2.09. The van der Waals surface area contributed by atoms with E-state index in [-0.39, 0.29) is 0 Å². The number of aromatic nitrogens is 1. The Kier molecular flexibility index (Phi) is 4.41. The van der Waals surface area contributed by atoms with Crippen molar-refractivity contribution in [2.24, 2.45) is 0 Å². The van der Waals surface area contributed by atoms with Crippen molar-refractivity contribution in [2.75, 3.05) is 0 Å². The standard InChI is InChI=1S/C19H21N/c1-5-8-12-16(7-3)20-15(4)17(11-6-2)18-13-9-10-14-19(18)20/h5-14H,1H2,2-4H3/b11-6-,12-8-,16-7+. The number of fused-ring (bicyclic) bond motifs is 1. The molecule has 0 bridgehead atoms. The number of rotatable bonds is 4. The minimum Gasteiger partial charge on any atom is -0.314 e. The third kappa shape index (κ3) is 2.39. The SMILES string of the molecule is C=C/C=C\C(=C/C)n1c(C)c(/C=C\C)c2ccccc21. The van der Waals surface area contributed by atoms with E-state index < -0.39 is 0 Å². The summed E-state index contributed by atoms with van der Waals surface area (Å²) in [6.45, 7) is 10.0. The summed E-state index contributed by atoms with van der Waals surface area (Å²) >= 11 is 0. The Bertz CT molecular complexity index is 709. The smallest absolute Gasteiger partial charge is 0.0537 e. The number of hydrogen-bond acceptors (Lipinski definition) is 0. The van der Waals surface area contributed by atoms with Gasteiger partial charge < -0.3 is 4.57 Å². The van der Waals surface area contributed by atoms with E-state index in [1.54, 1.807) is 6.08 Å². The first-order chi connectivity index (χ1) is 9.74. The lowest BCUT2D eigenvalue weighted by Crippen LogP contribution is -1.97. The number of nitrogens with zero attached hydrogens (tertiary/aromatic N) is 1. The molecular formula is C19H21N. The van der Waals surface area contributed by atoms with Crippen LogP contribution < -0.4 is 0 Å². The van der Waals surface area contributed by atoms with Crippen LogP contribution in [0.3, 0.4) is 0 Å². The quantitative estimate of drug-likeness (QED) is 0.634. The second-order valence-electron chi connectivity index (χ2n) is 4.66. The molecule has 1 heteroatoms. The summed E-state index contributed by atoms with van der Waals surface area (Å²) in [5, 5.41) is 1.29. The first-order valence-corrected chi connectivity index (χ1v) is 6.93. The monoisotopic (exact) mass is 263 g/mol. The van der Waals surface area contributed by atoms with Gasteiger partial charge in [0.15, 0.2) is 0 Å². The van der Waals surface area contributed by atoms with Crippen LogP contribution in [0, 0.1) is 6.92 Å². The van der Waals surface area contributed by atoms with E-state index in [9.17, 15) is 0 Å². The molecule has 0 saturated carbocycles. The van der Waals surface area contributed by atoms with E-state index in [1.165, 1.54) is 22.2 Å². The molecule has 1 heterocycles. The van der Waals surface area contributed by atoms with Crippen LogP contribution in [0.1, 0.15) is 25.1 Å². The van der Waals surface area contributed by atoms with Gasteiger partial charge >= 0.3 is 0 Å². The van der Waals surface area contributed by atoms with Gasteiger partial charge in [0.05, 0.1) is 5.52 Å². The van der Waals surface area contributed by atoms with Crippen molar-refractivity contribution in [3.8, 4) is 0 Å². The van der Waals surface area contributed by atoms with Crippen LogP contribution >= 0.6 is 0 Å². The lowest BCUT2D eigenvalue weighted by molar-refractivity contribution is 1.09. The van der Waals surface area contributed by atoms with Gasteiger partial charge in [-0.2, -0.15) is 0 Å². The highest BCUT2D eigenvalue weighted by molar-refractivity contribution is 5.94. The van der Waals surface area contributed by atoms with Crippen molar-refractivity contribution in [1.29, 1.82) is 0 Å². The fraction of sp³-hybridized carbons (Fsp3) is 0.158. The molecule has 1 nitrogen and oxygen atoms in total. The van der Waals surface area contributed by atoms with E-state index in [4.69, 9.17) is 0 Å². The third-order valence-corrected chi connectivity index (χ3v) is 3.45. The molecule has 0 N–H and O–H groups in total. The van der Waals surface area contributed by atoms with Crippen LogP contribution in [0.2, 0.25) is 0 Å². The summed E-state index contributed by atoms with van der Waals surface area (Å²) in [6, 6.07) is 8.52. The van der Waals surface area contributed by atoms with Crippen molar-refractivity contribution in [1.82, 2.24) is 4.57 Å². The van der Waals surface area contributed by atoms with Gasteiger partial charge in [0.25, 0.3) is 0 Å². The summed E-state index contributed by atoms with van der Waals surface area (Å²) < 4.78 is 2.30. The van der Waals surface area contributed by atoms with Gasteiger partial charge in [0.2, 0.25) is 0 Å². The molecule has 0 aliphatic rings. The summed E-state index contributed by atoms with van der Waals surface area (Å²) in [5.41, 5.74) is 4.94. The zero-order valence-corrected chi connectivity index (χ0v) is 12.4. The Balaban J connectivity index is 2.79. The predicted molar refractivity (Wildman–Crippen MR) is 90.7 cm³/mol. The van der Waals surface area contributed by atoms with Crippen molar-refractivity contribution in [3.05, 3.63) is 72.5 Å². The lowest BCUT2D eigenvalue weighted by atomic mass is 10.1. The van der Waals surface area contributed by atoms with Crippen LogP contribution in [0.5, 0.6) is 0 Å². The molecule has 0 aliphatic heterocycles. The van der Waals surface area contributed by atoms with Gasteiger partial charge in [0.1, 0.15) is 0 Å². The Labute approximate surface area is 121 Å². The van der Waals surface area contributed by atoms with Crippen molar-refractivity contribution in [3.63, 3.8) is 0 Å². The van der Waals surface area contributed by atoms with Crippen molar-refractivity contribution in [2.45, 2.75) is 20.8 Å². The molecule has 0 unspecified atom stereocenters. The molecule has 20 heavy (non-hydrogen) atoms. The minimum atomic E-state index is 1.16. The van der Waals surface area contributed by atoms with E-state index in [2.05, 4.69) is 80.5 Å². The van der Waals surface area contributed by atoms with Crippen molar-refractivity contribution < 1.29 is 0 Å². The highest BCUT2D eigenvalue weighted by Gasteiger charge is 2.12. The van der Waals surface area contributed by atoms with Gasteiger partial charge in [-0.15, -0.1) is 0 Å². The third-order valence-electron chi connectivity index (χ3n) is 3.45. The molecule has 0 radical (unpaired) electrons. The first-order valence-electron chi connectivity index (χ1n) is 6.93. The second kappa shape index (κ2) is 6.25. The topological polar surface area (TPSA) is 4.93 Å². The zero-order valence-electron chi connectivity index (χ0n) is 12.4. The Morgan fingerprint density at radius 1 is 1.20 bits per heavy atom. The molecule has 0 aliphatic carbocycles. The molecule has 1 aromatic heterocycles. The average molecular weight is 263 g/mol. The second-order valence-corrected chi connectivity index (χ2v) is 4.66. The van der Waals surface area contributed by atoms with Gasteiger partial charge in [-0.25, -0.2) is 0 Å². The Morgan fingerprint density at radius 3 is 2.60 bits per heavy atom. The maximum atomic E-state index is 3.75. The van der Waals surface area contributed by atoms with Crippen molar-refractivity contribution >= 4 is 22.7 Å². The average Bonchev–Trinajstić information content (AvgIpc) is 2.74. The fourth-order valence-corrected chi connectivity index (χ4v) is 2.57. The molecule has 0 saturated heterocycles. The summed E-state index contributed by atoms with van der Waals surface area (Å²) in [5.74, 6) is 0. The highest BCUT2D eigenvalue weighted by Crippen LogP contribution is 2.30. The Morgan fingerprint density at radius 2 is 1.95 bits per heavy atom. The number of hydrogen-bond donors (Lipinski definition) is 0. The summed E-state index contributed by atoms with van der Waals surface area (Å²) in [4.78, 5) is 0. The normalized spacial score (nSPS) is 12.8. The molecule has 1 aromatic carbocycles. The number of para-hydroxylation sites is 1. The highest BCUT2D eigenvalue weighted by atomic mass is 15.0. The van der Waals surface area contributed by atoms with Gasteiger partial charge in [-0.1, -0.05) is 55.2 Å². The zero-order chi connectivity index (χ0) is 14.5. The minimum absolute atomic E-state index is 1.16. The van der Waals surface area contributed by atoms with E-state index >= 15 is 0 Å². The van der Waals surface area contributed by atoms with E-state index in [1.807, 2.05) is 6.08 Å². The first kappa shape index (κ1) is 14.1. The van der Waals surface area contributed by atoms with Gasteiger partial charge in [0, 0.05) is 22.3 Å². The van der Waals surface area contributed by atoms with Crippen LogP contribution in [-0.2, 0) is 0 Å². The van der Waals surface area contributed by atoms with Crippen LogP contribution in [-0.4, -0.2) is 4.57 Å². The van der Waals surface area contributed by atoms with Gasteiger partial charge in [-0.05, 0) is 32.9 Å². The van der Waals surface area contributed by atoms with Crippen LogP contribution in [0.15, 0.2) is 61.2 Å². The predicted octanol–water partition coefficient (Wildman–Crippen LogP) is 5.59.